The topological polar surface area (TPSA) is 53.1 Å². The van der Waals surface area contributed by atoms with Crippen LogP contribution in [0, 0.1) is 0 Å². The maximum Gasteiger partial charge on any atom is 0.387 e. The summed E-state index contributed by atoms with van der Waals surface area (Å²) in [5.74, 6) is -0.528. The van der Waals surface area contributed by atoms with Crippen LogP contribution in [0.4, 0.5) is 28.9 Å². The molecule has 1 aromatic heterocycles. The molecular formula is C22H22F4N2O4S. The van der Waals surface area contributed by atoms with Crippen molar-refractivity contribution in [2.24, 2.45) is 0 Å². The fourth-order valence-electron chi connectivity index (χ4n) is 2.71. The second kappa shape index (κ2) is 10.7. The molecule has 178 valence electrons. The molecular weight excluding hydrogens is 464 g/mol. The molecule has 0 aliphatic heterocycles. The van der Waals surface area contributed by atoms with Crippen LogP contribution in [-0.2, 0) is 11.4 Å². The lowest BCUT2D eigenvalue weighted by molar-refractivity contribution is -0.274. The number of rotatable bonds is 10. The van der Waals surface area contributed by atoms with Crippen LogP contribution in [0.2, 0.25) is 0 Å². The Morgan fingerprint density at radius 2 is 1.55 bits per heavy atom. The van der Waals surface area contributed by atoms with Crippen molar-refractivity contribution in [3.8, 4) is 17.2 Å². The number of anilines is 2. The van der Waals surface area contributed by atoms with E-state index in [0.717, 1.165) is 10.9 Å². The third kappa shape index (κ3) is 7.50. The van der Waals surface area contributed by atoms with E-state index in [1.807, 2.05) is 20.8 Å². The van der Waals surface area contributed by atoms with Crippen molar-refractivity contribution in [3.05, 3.63) is 59.0 Å². The molecule has 0 fully saturated rings. The zero-order chi connectivity index (χ0) is 24.0. The Morgan fingerprint density at radius 1 is 0.909 bits per heavy atom. The summed E-state index contributed by atoms with van der Waals surface area (Å²) in [6.45, 7) is -0.524. The number of aromatic nitrogens is 1. The van der Waals surface area contributed by atoms with Gasteiger partial charge in [-0.3, -0.25) is 4.98 Å². The molecule has 2 aromatic carbocycles. The number of nitrogens with zero attached hydrogens (tertiary/aromatic N) is 2. The van der Waals surface area contributed by atoms with Crippen LogP contribution in [0.1, 0.15) is 25.6 Å². The number of thiazole rings is 1. The van der Waals surface area contributed by atoms with E-state index in [-0.39, 0.29) is 0 Å². The van der Waals surface area contributed by atoms with E-state index in [0.29, 0.717) is 23.7 Å². The normalized spacial score (nSPS) is 11.7. The van der Waals surface area contributed by atoms with Gasteiger partial charge >= 0.3 is 13.2 Å². The Balaban J connectivity index is 1.93. The third-order valence-corrected chi connectivity index (χ3v) is 4.77. The monoisotopic (exact) mass is 486 g/mol. The van der Waals surface area contributed by atoms with E-state index in [1.165, 1.54) is 23.5 Å². The highest BCUT2D eigenvalue weighted by atomic mass is 32.1. The van der Waals surface area contributed by atoms with Crippen LogP contribution in [-0.4, -0.2) is 23.8 Å². The van der Waals surface area contributed by atoms with Crippen LogP contribution in [0.3, 0.4) is 0 Å². The average Bonchev–Trinajstić information content (AvgIpc) is 3.24. The first kappa shape index (κ1) is 24.6. The van der Waals surface area contributed by atoms with E-state index in [4.69, 9.17) is 9.78 Å². The zero-order valence-corrected chi connectivity index (χ0v) is 18.8. The molecule has 0 aliphatic rings. The molecule has 6 nitrogen and oxygen atoms in total. The van der Waals surface area contributed by atoms with Gasteiger partial charge in [0.05, 0.1) is 12.1 Å². The molecule has 0 N–H and O–H groups in total. The number of benzene rings is 2. The molecule has 0 atom stereocenters. The molecule has 0 amide bonds. The molecule has 0 bridgehead atoms. The zero-order valence-electron chi connectivity index (χ0n) is 18.0. The quantitative estimate of drug-likeness (QED) is 0.179. The minimum atomic E-state index is -3.21. The van der Waals surface area contributed by atoms with E-state index < -0.39 is 30.3 Å². The average molecular weight is 486 g/mol. The molecule has 0 aliphatic carbocycles. The summed E-state index contributed by atoms with van der Waals surface area (Å²) in [6.07, 6.45) is 1.68. The van der Waals surface area contributed by atoms with E-state index in [9.17, 15) is 17.6 Å². The van der Waals surface area contributed by atoms with Gasteiger partial charge in [-0.05, 0) is 57.2 Å². The van der Waals surface area contributed by atoms with Gasteiger partial charge in [0, 0.05) is 28.5 Å². The Bertz CT molecular complexity index is 1010. The highest BCUT2D eigenvalue weighted by Crippen LogP contribution is 2.38. The summed E-state index contributed by atoms with van der Waals surface area (Å²) in [7, 11) is 0. The molecule has 33 heavy (non-hydrogen) atoms. The van der Waals surface area contributed by atoms with Crippen molar-refractivity contribution in [2.45, 2.75) is 46.1 Å². The van der Waals surface area contributed by atoms with Crippen molar-refractivity contribution in [3.63, 3.8) is 0 Å². The Morgan fingerprint density at radius 3 is 2.12 bits per heavy atom. The lowest BCUT2D eigenvalue weighted by Crippen LogP contribution is -2.21. The molecule has 0 radical (unpaired) electrons. The molecule has 3 rings (SSSR count). The standard InChI is InChI=1S/C22H22F4N2O4S/c1-22(2,3)32-31-16-7-4-14(5-8-16)28(12-17-11-27-13-33-17)15-6-9-18(29-20(23)24)19(10-15)30-21(25)26/h4-11,13,20-21H,12H2,1-3H3. The minimum Gasteiger partial charge on any atom is -0.431 e. The molecule has 3 aromatic rings. The van der Waals surface area contributed by atoms with Crippen LogP contribution in [0.15, 0.2) is 54.2 Å². The lowest BCUT2D eigenvalue weighted by atomic mass is 10.2. The van der Waals surface area contributed by atoms with Gasteiger partial charge < -0.3 is 19.3 Å². The third-order valence-electron chi connectivity index (χ3n) is 4.00. The van der Waals surface area contributed by atoms with Gasteiger partial charge in [-0.1, -0.05) is 0 Å². The van der Waals surface area contributed by atoms with Gasteiger partial charge in [0.2, 0.25) is 0 Å². The first-order valence-electron chi connectivity index (χ1n) is 9.75. The van der Waals surface area contributed by atoms with Gasteiger partial charge in [-0.25, -0.2) is 0 Å². The smallest absolute Gasteiger partial charge is 0.387 e. The van der Waals surface area contributed by atoms with Crippen molar-refractivity contribution in [1.29, 1.82) is 0 Å². The molecule has 0 unspecified atom stereocenters. The predicted octanol–water partition coefficient (Wildman–Crippen LogP) is 6.79. The van der Waals surface area contributed by atoms with E-state index in [1.54, 1.807) is 40.9 Å². The first-order valence-corrected chi connectivity index (χ1v) is 10.6. The lowest BCUT2D eigenvalue weighted by Gasteiger charge is -2.26. The minimum absolute atomic E-state index is 0.340. The predicted molar refractivity (Wildman–Crippen MR) is 116 cm³/mol. The number of hydrogen-bond donors (Lipinski definition) is 0. The largest absolute Gasteiger partial charge is 0.431 e. The summed E-state index contributed by atoms with van der Waals surface area (Å²) in [5, 5.41) is 0. The van der Waals surface area contributed by atoms with Crippen LogP contribution in [0.5, 0.6) is 17.2 Å². The van der Waals surface area contributed by atoms with Crippen LogP contribution < -0.4 is 19.3 Å². The number of hydrogen-bond acceptors (Lipinski definition) is 7. The van der Waals surface area contributed by atoms with Crippen molar-refractivity contribution in [2.75, 3.05) is 4.90 Å². The summed E-state index contributed by atoms with van der Waals surface area (Å²) in [4.78, 5) is 17.3. The number of alkyl halides is 4. The van der Waals surface area contributed by atoms with Crippen LogP contribution in [0.25, 0.3) is 0 Å². The maximum absolute atomic E-state index is 12.9. The molecule has 0 saturated heterocycles. The molecule has 11 heteroatoms. The second-order valence-corrected chi connectivity index (χ2v) is 8.69. The van der Waals surface area contributed by atoms with Crippen molar-refractivity contribution in [1.82, 2.24) is 4.98 Å². The fraction of sp³-hybridized carbons (Fsp3) is 0.318. The highest BCUT2D eigenvalue weighted by molar-refractivity contribution is 7.09. The Labute approximate surface area is 192 Å². The summed E-state index contributed by atoms with van der Waals surface area (Å²) < 4.78 is 59.9. The van der Waals surface area contributed by atoms with E-state index >= 15 is 0 Å². The summed E-state index contributed by atoms with van der Waals surface area (Å²) in [5.41, 5.74) is 2.26. The molecule has 0 spiro atoms. The first-order chi connectivity index (χ1) is 15.6. The van der Waals surface area contributed by atoms with Crippen LogP contribution >= 0.6 is 11.3 Å². The molecule has 0 saturated carbocycles. The van der Waals surface area contributed by atoms with Gasteiger partial charge in [-0.2, -0.15) is 22.4 Å². The van der Waals surface area contributed by atoms with Gasteiger partial charge in [0.25, 0.3) is 0 Å². The maximum atomic E-state index is 12.9. The van der Waals surface area contributed by atoms with E-state index in [2.05, 4.69) is 14.5 Å². The van der Waals surface area contributed by atoms with Gasteiger partial charge in [-0.15, -0.1) is 11.3 Å². The summed E-state index contributed by atoms with van der Waals surface area (Å²) >= 11 is 1.41. The van der Waals surface area contributed by atoms with Crippen molar-refractivity contribution >= 4 is 22.7 Å². The number of halogens is 4. The summed E-state index contributed by atoms with van der Waals surface area (Å²) in [6, 6.07) is 10.7. The second-order valence-electron chi connectivity index (χ2n) is 7.71. The van der Waals surface area contributed by atoms with Crippen molar-refractivity contribution < 1.29 is 36.8 Å². The number of ether oxygens (including phenoxy) is 2. The fourth-order valence-corrected chi connectivity index (χ4v) is 3.29. The SMILES string of the molecule is CC(C)(C)OOc1ccc(N(Cc2cncs2)c2ccc(OC(F)F)c(OC(F)F)c2)cc1. The molecule has 1 heterocycles. The van der Waals surface area contributed by atoms with Gasteiger partial charge in [0.15, 0.2) is 17.2 Å². The Kier molecular flexibility index (Phi) is 7.98. The van der Waals surface area contributed by atoms with Gasteiger partial charge in [0.1, 0.15) is 5.60 Å². The highest BCUT2D eigenvalue weighted by Gasteiger charge is 2.19. The Hall–Kier alpha value is -3.05.